The molecule has 23 heavy (non-hydrogen) atoms. The van der Waals surface area contributed by atoms with Gasteiger partial charge >= 0.3 is 0 Å². The van der Waals surface area contributed by atoms with Gasteiger partial charge in [0.1, 0.15) is 0 Å². The zero-order valence-electron chi connectivity index (χ0n) is 12.9. The van der Waals surface area contributed by atoms with Gasteiger partial charge in [-0.1, -0.05) is 36.4 Å². The van der Waals surface area contributed by atoms with Crippen LogP contribution < -0.4 is 4.90 Å². The lowest BCUT2D eigenvalue weighted by molar-refractivity contribution is 0.0713. The highest BCUT2D eigenvalue weighted by Crippen LogP contribution is 2.32. The molecule has 2 aromatic rings. The summed E-state index contributed by atoms with van der Waals surface area (Å²) in [6, 6.07) is 18.2. The van der Waals surface area contributed by atoms with Crippen molar-refractivity contribution in [3.8, 4) is 0 Å². The van der Waals surface area contributed by atoms with E-state index in [4.69, 9.17) is 0 Å². The largest absolute Gasteiger partial charge is 0.394 e. The first kappa shape index (κ1) is 14.3. The van der Waals surface area contributed by atoms with Crippen molar-refractivity contribution in [2.75, 3.05) is 18.1 Å². The number of rotatable bonds is 3. The van der Waals surface area contributed by atoms with Crippen LogP contribution in [0.4, 0.5) is 5.69 Å². The third kappa shape index (κ3) is 2.39. The zero-order valence-corrected chi connectivity index (χ0v) is 12.9. The van der Waals surface area contributed by atoms with E-state index in [0.29, 0.717) is 6.54 Å². The number of carbonyl (C=O) groups excluding carboxylic acids is 1. The Balaban J connectivity index is 1.57. The molecule has 0 unspecified atom stereocenters. The summed E-state index contributed by atoms with van der Waals surface area (Å²) in [6.07, 6.45) is 0.811. The molecule has 1 saturated heterocycles. The van der Waals surface area contributed by atoms with E-state index in [0.717, 1.165) is 29.8 Å². The van der Waals surface area contributed by atoms with Crippen molar-refractivity contribution in [2.45, 2.75) is 25.0 Å². The summed E-state index contributed by atoms with van der Waals surface area (Å²) in [4.78, 5) is 16.9. The molecule has 0 saturated carbocycles. The molecular weight excluding hydrogens is 288 g/mol. The molecular formula is C19H20N2O2. The van der Waals surface area contributed by atoms with E-state index in [9.17, 15) is 9.90 Å². The van der Waals surface area contributed by atoms with Gasteiger partial charge in [0.15, 0.2) is 0 Å². The number of nitrogens with zero attached hydrogens (tertiary/aromatic N) is 2. The highest BCUT2D eigenvalue weighted by Gasteiger charge is 2.40. The van der Waals surface area contributed by atoms with Gasteiger partial charge in [0, 0.05) is 24.3 Å². The Labute approximate surface area is 136 Å². The number of anilines is 1. The number of benzene rings is 2. The lowest BCUT2D eigenvalue weighted by Gasteiger charge is -2.26. The Morgan fingerprint density at radius 3 is 2.48 bits per heavy atom. The molecule has 4 nitrogen and oxygen atoms in total. The minimum Gasteiger partial charge on any atom is -0.394 e. The number of amides is 1. The topological polar surface area (TPSA) is 43.8 Å². The Morgan fingerprint density at radius 1 is 1.00 bits per heavy atom. The Bertz CT molecular complexity index is 716. The first-order chi connectivity index (χ1) is 11.3. The van der Waals surface area contributed by atoms with Crippen LogP contribution >= 0.6 is 0 Å². The van der Waals surface area contributed by atoms with E-state index < -0.39 is 0 Å². The number of fused-ring (bicyclic) bond motifs is 1. The third-order valence-electron chi connectivity index (χ3n) is 4.98. The minimum absolute atomic E-state index is 0.0684. The van der Waals surface area contributed by atoms with Crippen LogP contribution in [0, 0.1) is 0 Å². The van der Waals surface area contributed by atoms with E-state index in [1.54, 1.807) is 0 Å². The molecule has 1 N–H and O–H groups in total. The van der Waals surface area contributed by atoms with E-state index in [1.807, 2.05) is 47.4 Å². The van der Waals surface area contributed by atoms with Crippen molar-refractivity contribution < 1.29 is 9.90 Å². The molecule has 2 atom stereocenters. The number of hydrogen-bond acceptors (Lipinski definition) is 3. The van der Waals surface area contributed by atoms with Gasteiger partial charge in [0.25, 0.3) is 5.91 Å². The molecule has 2 aromatic carbocycles. The minimum atomic E-state index is 0.0684. The summed E-state index contributed by atoms with van der Waals surface area (Å²) in [5.41, 5.74) is 3.04. The molecule has 4 rings (SSSR count). The molecule has 2 heterocycles. The summed E-state index contributed by atoms with van der Waals surface area (Å²) in [5, 5.41) is 9.75. The third-order valence-corrected chi connectivity index (χ3v) is 4.98. The summed E-state index contributed by atoms with van der Waals surface area (Å²) in [6.45, 7) is 1.57. The molecule has 2 aliphatic rings. The van der Waals surface area contributed by atoms with Crippen molar-refractivity contribution >= 4 is 11.6 Å². The number of aliphatic hydroxyl groups is 1. The number of carbonyl (C=O) groups is 1. The van der Waals surface area contributed by atoms with Gasteiger partial charge in [-0.2, -0.15) is 0 Å². The van der Waals surface area contributed by atoms with Crippen molar-refractivity contribution in [1.29, 1.82) is 0 Å². The number of hydrogen-bond donors (Lipinski definition) is 1. The van der Waals surface area contributed by atoms with Gasteiger partial charge in [-0.25, -0.2) is 0 Å². The van der Waals surface area contributed by atoms with Gasteiger partial charge in [-0.3, -0.25) is 4.79 Å². The highest BCUT2D eigenvalue weighted by molar-refractivity contribution is 5.98. The fraction of sp³-hybridized carbons (Fsp3) is 0.316. The molecule has 1 amide bonds. The van der Waals surface area contributed by atoms with Crippen LogP contribution in [0.5, 0.6) is 0 Å². The maximum atomic E-state index is 12.7. The van der Waals surface area contributed by atoms with Crippen LogP contribution in [-0.4, -0.2) is 41.1 Å². The second kappa shape index (κ2) is 5.70. The first-order valence-electron chi connectivity index (χ1n) is 8.09. The van der Waals surface area contributed by atoms with Gasteiger partial charge in [-0.15, -0.1) is 0 Å². The molecule has 0 bridgehead atoms. The van der Waals surface area contributed by atoms with Gasteiger partial charge < -0.3 is 14.9 Å². The molecule has 0 radical (unpaired) electrons. The molecule has 1 fully saturated rings. The van der Waals surface area contributed by atoms with Crippen molar-refractivity contribution in [1.82, 2.24) is 4.90 Å². The predicted octanol–water partition coefficient (Wildman–Crippen LogP) is 2.28. The van der Waals surface area contributed by atoms with E-state index in [2.05, 4.69) is 17.0 Å². The molecule has 0 aliphatic carbocycles. The standard InChI is InChI=1S/C19H20N2O2/c22-13-17-10-16(12-20(17)15-7-2-1-3-8-15)21-11-14-6-4-5-9-18(14)19(21)23/h1-9,16-17,22H,10-13H2/t16-,17-/m0/s1. The van der Waals surface area contributed by atoms with Gasteiger partial charge in [-0.05, 0) is 30.2 Å². The second-order valence-electron chi connectivity index (χ2n) is 6.30. The molecule has 4 heteroatoms. The van der Waals surface area contributed by atoms with Crippen LogP contribution in [0.2, 0.25) is 0 Å². The highest BCUT2D eigenvalue weighted by atomic mass is 16.3. The quantitative estimate of drug-likeness (QED) is 0.946. The van der Waals surface area contributed by atoms with Crippen LogP contribution in [0.25, 0.3) is 0 Å². The average molecular weight is 308 g/mol. The summed E-state index contributed by atoms with van der Waals surface area (Å²) in [5.74, 6) is 0.122. The summed E-state index contributed by atoms with van der Waals surface area (Å²) >= 11 is 0. The van der Waals surface area contributed by atoms with E-state index in [1.165, 1.54) is 0 Å². The smallest absolute Gasteiger partial charge is 0.254 e. The Kier molecular flexibility index (Phi) is 3.54. The van der Waals surface area contributed by atoms with Gasteiger partial charge in [0.2, 0.25) is 0 Å². The van der Waals surface area contributed by atoms with E-state index in [-0.39, 0.29) is 24.6 Å². The fourth-order valence-corrected chi connectivity index (χ4v) is 3.80. The van der Waals surface area contributed by atoms with Crippen LogP contribution in [0.15, 0.2) is 54.6 Å². The molecule has 0 aromatic heterocycles. The van der Waals surface area contributed by atoms with Crippen LogP contribution in [0.1, 0.15) is 22.3 Å². The molecule has 118 valence electrons. The monoisotopic (exact) mass is 308 g/mol. The molecule has 0 spiro atoms. The zero-order chi connectivity index (χ0) is 15.8. The van der Waals surface area contributed by atoms with Crippen molar-refractivity contribution in [3.05, 3.63) is 65.7 Å². The van der Waals surface area contributed by atoms with Crippen LogP contribution in [-0.2, 0) is 6.54 Å². The first-order valence-corrected chi connectivity index (χ1v) is 8.09. The SMILES string of the molecule is O=C1c2ccccc2CN1[C@H]1C[C@@H](CO)N(c2ccccc2)C1. The fourth-order valence-electron chi connectivity index (χ4n) is 3.80. The summed E-state index contributed by atoms with van der Waals surface area (Å²) < 4.78 is 0. The lowest BCUT2D eigenvalue weighted by atomic mass is 10.1. The Morgan fingerprint density at radius 2 is 1.74 bits per heavy atom. The maximum Gasteiger partial charge on any atom is 0.254 e. The average Bonchev–Trinajstić information content (AvgIpc) is 3.17. The van der Waals surface area contributed by atoms with E-state index >= 15 is 0 Å². The predicted molar refractivity (Wildman–Crippen MR) is 89.4 cm³/mol. The maximum absolute atomic E-state index is 12.7. The van der Waals surface area contributed by atoms with Crippen molar-refractivity contribution in [2.24, 2.45) is 0 Å². The number of para-hydroxylation sites is 1. The van der Waals surface area contributed by atoms with Crippen LogP contribution in [0.3, 0.4) is 0 Å². The molecule has 2 aliphatic heterocycles. The number of aliphatic hydroxyl groups excluding tert-OH is 1. The van der Waals surface area contributed by atoms with Gasteiger partial charge in [0.05, 0.1) is 18.7 Å². The lowest BCUT2D eigenvalue weighted by Crippen LogP contribution is -2.38. The Hall–Kier alpha value is -2.33. The summed E-state index contributed by atoms with van der Waals surface area (Å²) in [7, 11) is 0. The van der Waals surface area contributed by atoms with Crippen molar-refractivity contribution in [3.63, 3.8) is 0 Å². The normalized spacial score (nSPS) is 23.4. The second-order valence-corrected chi connectivity index (χ2v) is 6.30.